The molecule has 0 unspecified atom stereocenters. The van der Waals surface area contributed by atoms with Gasteiger partial charge in [-0.25, -0.2) is 18.1 Å². The van der Waals surface area contributed by atoms with Gasteiger partial charge in [-0.1, -0.05) is 0 Å². The topological polar surface area (TPSA) is 110 Å². The van der Waals surface area contributed by atoms with E-state index in [1.54, 1.807) is 17.1 Å². The lowest BCUT2D eigenvalue weighted by Crippen LogP contribution is -2.46. The summed E-state index contributed by atoms with van der Waals surface area (Å²) in [6.07, 6.45) is 5.57. The van der Waals surface area contributed by atoms with E-state index in [-0.39, 0.29) is 5.92 Å². The second-order valence-corrected chi connectivity index (χ2v) is 8.01. The first-order valence-corrected chi connectivity index (χ1v) is 9.69. The molecule has 2 N–H and O–H groups in total. The smallest absolute Gasteiger partial charge is 0.209 e. The molecule has 0 amide bonds. The minimum Gasteiger partial charge on any atom is -0.391 e. The third-order valence-corrected chi connectivity index (χ3v) is 4.99. The average molecular weight is 351 g/mol. The summed E-state index contributed by atoms with van der Waals surface area (Å²) in [6, 6.07) is 3.22. The second kappa shape index (κ2) is 6.58. The van der Waals surface area contributed by atoms with Crippen LogP contribution in [-0.4, -0.2) is 51.7 Å². The van der Waals surface area contributed by atoms with E-state index < -0.39 is 22.2 Å². The van der Waals surface area contributed by atoms with E-state index >= 15 is 0 Å². The lowest BCUT2D eigenvalue weighted by molar-refractivity contribution is 0.0917. The zero-order valence-electron chi connectivity index (χ0n) is 13.6. The summed E-state index contributed by atoms with van der Waals surface area (Å²) in [7, 11) is -1.55. The second-order valence-electron chi connectivity index (χ2n) is 6.23. The molecule has 0 spiro atoms. The summed E-state index contributed by atoms with van der Waals surface area (Å²) in [4.78, 5) is 8.69. The Morgan fingerprint density at radius 2 is 2.17 bits per heavy atom. The Kier molecular flexibility index (Phi) is 4.66. The molecule has 3 rings (SSSR count). The number of pyridine rings is 1. The van der Waals surface area contributed by atoms with Gasteiger partial charge in [0.15, 0.2) is 5.82 Å². The first-order valence-electron chi connectivity index (χ1n) is 7.80. The highest BCUT2D eigenvalue weighted by Crippen LogP contribution is 2.33. The van der Waals surface area contributed by atoms with Gasteiger partial charge in [0.2, 0.25) is 10.0 Å². The number of rotatable bonds is 4. The van der Waals surface area contributed by atoms with Crippen LogP contribution in [0.5, 0.6) is 0 Å². The molecule has 8 nitrogen and oxygen atoms in total. The molecule has 9 heteroatoms. The van der Waals surface area contributed by atoms with Crippen molar-refractivity contribution in [1.82, 2.24) is 24.5 Å². The molecule has 1 fully saturated rings. The summed E-state index contributed by atoms with van der Waals surface area (Å²) in [5.41, 5.74) is 0.834. The van der Waals surface area contributed by atoms with Gasteiger partial charge in [0.05, 0.1) is 12.4 Å². The van der Waals surface area contributed by atoms with Crippen LogP contribution in [0.25, 0.3) is 11.4 Å². The molecule has 0 radical (unpaired) electrons. The van der Waals surface area contributed by atoms with Gasteiger partial charge in [-0.3, -0.25) is 9.67 Å². The van der Waals surface area contributed by atoms with Crippen molar-refractivity contribution < 1.29 is 13.5 Å². The van der Waals surface area contributed by atoms with E-state index in [9.17, 15) is 13.5 Å². The third kappa shape index (κ3) is 3.80. The first-order chi connectivity index (χ1) is 11.3. The van der Waals surface area contributed by atoms with Crippen molar-refractivity contribution in [3.05, 3.63) is 30.4 Å². The Morgan fingerprint density at radius 3 is 2.83 bits per heavy atom. The van der Waals surface area contributed by atoms with E-state index in [2.05, 4.69) is 19.8 Å². The summed E-state index contributed by atoms with van der Waals surface area (Å²) in [5, 5.41) is 14.5. The van der Waals surface area contributed by atoms with Crippen LogP contribution in [0.1, 0.15) is 31.0 Å². The Morgan fingerprint density at radius 1 is 1.38 bits per heavy atom. The van der Waals surface area contributed by atoms with Crippen LogP contribution in [-0.2, 0) is 17.1 Å². The Bertz CT molecular complexity index is 806. The van der Waals surface area contributed by atoms with Crippen LogP contribution < -0.4 is 4.72 Å². The van der Waals surface area contributed by atoms with Crippen LogP contribution in [0.15, 0.2) is 24.5 Å². The quantitative estimate of drug-likeness (QED) is 0.826. The third-order valence-electron chi connectivity index (χ3n) is 4.26. The maximum Gasteiger partial charge on any atom is 0.209 e. The number of nitrogens with one attached hydrogen (secondary N) is 1. The standard InChI is InChI=1S/C15H21N5O3S/c1-20-15(17-14(18-20)11-4-3-7-16-9-11)10-5-6-13(21)12(8-10)19-24(2,22)23/h3-4,7,9-10,12-13,19,21H,5-6,8H2,1-2H3/t10-,12+,13+/m0/s1. The summed E-state index contributed by atoms with van der Waals surface area (Å²) >= 11 is 0. The van der Waals surface area contributed by atoms with E-state index in [4.69, 9.17) is 0 Å². The number of nitrogens with zero attached hydrogens (tertiary/aromatic N) is 4. The van der Waals surface area contributed by atoms with E-state index in [1.165, 1.54) is 0 Å². The molecule has 130 valence electrons. The monoisotopic (exact) mass is 351 g/mol. The first kappa shape index (κ1) is 17.0. The molecule has 2 heterocycles. The van der Waals surface area contributed by atoms with Gasteiger partial charge in [-0.15, -0.1) is 0 Å². The largest absolute Gasteiger partial charge is 0.391 e. The fourth-order valence-electron chi connectivity index (χ4n) is 3.16. The molecule has 2 aromatic rings. The minimum absolute atomic E-state index is 0.0376. The van der Waals surface area contributed by atoms with Gasteiger partial charge < -0.3 is 5.11 Å². The number of sulfonamides is 1. The highest BCUT2D eigenvalue weighted by Gasteiger charge is 2.34. The highest BCUT2D eigenvalue weighted by atomic mass is 32.2. The molecule has 1 aliphatic rings. The molecule has 0 bridgehead atoms. The fourth-order valence-corrected chi connectivity index (χ4v) is 3.96. The molecule has 0 aliphatic heterocycles. The van der Waals surface area contributed by atoms with Crippen molar-refractivity contribution >= 4 is 10.0 Å². The molecular weight excluding hydrogens is 330 g/mol. The van der Waals surface area contributed by atoms with Gasteiger partial charge in [0, 0.05) is 37.0 Å². The van der Waals surface area contributed by atoms with Crippen molar-refractivity contribution in [2.24, 2.45) is 7.05 Å². The van der Waals surface area contributed by atoms with Gasteiger partial charge in [0.25, 0.3) is 0 Å². The molecule has 3 atom stereocenters. The molecule has 24 heavy (non-hydrogen) atoms. The van der Waals surface area contributed by atoms with E-state index in [0.717, 1.165) is 24.1 Å². The molecule has 1 aliphatic carbocycles. The number of aliphatic hydroxyl groups excluding tert-OH is 1. The highest BCUT2D eigenvalue weighted by molar-refractivity contribution is 7.88. The SMILES string of the molecule is Cn1nc(-c2cccnc2)nc1[C@H]1CC[C@@H](O)[C@H](NS(C)(=O)=O)C1. The number of aliphatic hydroxyl groups is 1. The average Bonchev–Trinajstić information content (AvgIpc) is 2.91. The van der Waals surface area contributed by atoms with Crippen LogP contribution in [0, 0.1) is 0 Å². The van der Waals surface area contributed by atoms with Gasteiger partial charge in [0.1, 0.15) is 5.82 Å². The van der Waals surface area contributed by atoms with E-state index in [1.807, 2.05) is 19.2 Å². The number of hydrogen-bond donors (Lipinski definition) is 2. The molecular formula is C15H21N5O3S. The number of aryl methyl sites for hydroxylation is 1. The fraction of sp³-hybridized carbons (Fsp3) is 0.533. The summed E-state index contributed by atoms with van der Waals surface area (Å²) < 4.78 is 27.2. The molecule has 1 saturated carbocycles. The molecule has 2 aromatic heterocycles. The minimum atomic E-state index is -3.37. The van der Waals surface area contributed by atoms with Gasteiger partial charge in [-0.05, 0) is 31.4 Å². The Hall–Kier alpha value is -1.84. The Balaban J connectivity index is 1.83. The number of aromatic nitrogens is 4. The lowest BCUT2D eigenvalue weighted by atomic mass is 9.83. The van der Waals surface area contributed by atoms with Crippen LogP contribution in [0.4, 0.5) is 0 Å². The van der Waals surface area contributed by atoms with Crippen LogP contribution >= 0.6 is 0 Å². The Labute approximate surface area is 141 Å². The maximum atomic E-state index is 11.5. The predicted octanol–water partition coefficient (Wildman–Crippen LogP) is 0.423. The molecule has 0 aromatic carbocycles. The zero-order chi connectivity index (χ0) is 17.3. The summed E-state index contributed by atoms with van der Waals surface area (Å²) in [5.74, 6) is 1.43. The number of hydrogen-bond acceptors (Lipinski definition) is 6. The van der Waals surface area contributed by atoms with Crippen molar-refractivity contribution in [3.8, 4) is 11.4 Å². The van der Waals surface area contributed by atoms with Crippen molar-refractivity contribution in [3.63, 3.8) is 0 Å². The van der Waals surface area contributed by atoms with E-state index in [0.29, 0.717) is 18.7 Å². The maximum absolute atomic E-state index is 11.5. The van der Waals surface area contributed by atoms with Crippen LogP contribution in [0.2, 0.25) is 0 Å². The van der Waals surface area contributed by atoms with Gasteiger partial charge in [-0.2, -0.15) is 5.10 Å². The lowest BCUT2D eigenvalue weighted by Gasteiger charge is -2.32. The summed E-state index contributed by atoms with van der Waals surface area (Å²) in [6.45, 7) is 0. The van der Waals surface area contributed by atoms with Crippen molar-refractivity contribution in [2.45, 2.75) is 37.3 Å². The molecule has 0 saturated heterocycles. The van der Waals surface area contributed by atoms with Crippen molar-refractivity contribution in [2.75, 3.05) is 6.26 Å². The van der Waals surface area contributed by atoms with Crippen molar-refractivity contribution in [1.29, 1.82) is 0 Å². The van der Waals surface area contributed by atoms with Gasteiger partial charge >= 0.3 is 0 Å². The van der Waals surface area contributed by atoms with Crippen LogP contribution in [0.3, 0.4) is 0 Å². The predicted molar refractivity (Wildman–Crippen MR) is 88.6 cm³/mol. The normalized spacial score (nSPS) is 24.9. The zero-order valence-corrected chi connectivity index (χ0v) is 14.4.